The van der Waals surface area contributed by atoms with Crippen molar-refractivity contribution in [3.8, 4) is 5.88 Å². The minimum Gasteiger partial charge on any atom is -0.477 e. The topological polar surface area (TPSA) is 35.0 Å². The van der Waals surface area contributed by atoms with Gasteiger partial charge in [0, 0.05) is 11.6 Å². The number of pyridine rings is 2. The Hall–Kier alpha value is -1.23. The maximum atomic E-state index is 13.5. The van der Waals surface area contributed by atoms with E-state index in [-0.39, 0.29) is 11.4 Å². The SMILES string of the molecule is CCOc1nc(F)c2ncccc2c1Br. The molecule has 2 aromatic heterocycles. The Kier molecular flexibility index (Phi) is 2.81. The summed E-state index contributed by atoms with van der Waals surface area (Å²) in [6.45, 7) is 2.26. The van der Waals surface area contributed by atoms with Crippen LogP contribution in [0.2, 0.25) is 0 Å². The molecule has 0 radical (unpaired) electrons. The van der Waals surface area contributed by atoms with Gasteiger partial charge in [-0.3, -0.25) is 4.98 Å². The lowest BCUT2D eigenvalue weighted by Crippen LogP contribution is -1.99. The summed E-state index contributed by atoms with van der Waals surface area (Å²) in [4.78, 5) is 7.61. The molecule has 2 aromatic rings. The van der Waals surface area contributed by atoms with Crippen molar-refractivity contribution in [1.29, 1.82) is 0 Å². The van der Waals surface area contributed by atoms with Gasteiger partial charge in [0.2, 0.25) is 11.8 Å². The van der Waals surface area contributed by atoms with Crippen molar-refractivity contribution < 1.29 is 9.13 Å². The normalized spacial score (nSPS) is 10.6. The predicted octanol–water partition coefficient (Wildman–Crippen LogP) is 2.93. The highest BCUT2D eigenvalue weighted by molar-refractivity contribution is 9.10. The zero-order valence-corrected chi connectivity index (χ0v) is 9.58. The number of hydrogen-bond acceptors (Lipinski definition) is 3. The van der Waals surface area contributed by atoms with Crippen molar-refractivity contribution in [3.63, 3.8) is 0 Å². The van der Waals surface area contributed by atoms with Gasteiger partial charge in [0.05, 0.1) is 11.1 Å². The van der Waals surface area contributed by atoms with E-state index >= 15 is 0 Å². The van der Waals surface area contributed by atoms with Crippen LogP contribution in [-0.2, 0) is 0 Å². The third-order valence-corrected chi connectivity index (χ3v) is 2.67. The molecule has 0 aliphatic heterocycles. The molecule has 0 aromatic carbocycles. The van der Waals surface area contributed by atoms with Gasteiger partial charge in [0.25, 0.3) is 0 Å². The van der Waals surface area contributed by atoms with E-state index in [4.69, 9.17) is 4.74 Å². The molecule has 15 heavy (non-hydrogen) atoms. The molecule has 0 N–H and O–H groups in total. The summed E-state index contributed by atoms with van der Waals surface area (Å²) in [5.41, 5.74) is 0.243. The summed E-state index contributed by atoms with van der Waals surface area (Å²) in [6, 6.07) is 3.50. The Morgan fingerprint density at radius 1 is 1.53 bits per heavy atom. The molecular formula is C10H8BrFN2O. The molecular weight excluding hydrogens is 263 g/mol. The molecule has 0 aliphatic carbocycles. The first-order valence-electron chi connectivity index (χ1n) is 4.46. The van der Waals surface area contributed by atoms with E-state index in [1.54, 1.807) is 12.1 Å². The fraction of sp³-hybridized carbons (Fsp3) is 0.200. The van der Waals surface area contributed by atoms with Crippen molar-refractivity contribution in [2.24, 2.45) is 0 Å². The number of aromatic nitrogens is 2. The number of ether oxygens (including phenoxy) is 1. The number of halogens is 2. The van der Waals surface area contributed by atoms with E-state index in [1.807, 2.05) is 6.92 Å². The molecule has 0 spiro atoms. The van der Waals surface area contributed by atoms with Crippen LogP contribution in [0.4, 0.5) is 4.39 Å². The number of hydrogen-bond donors (Lipinski definition) is 0. The van der Waals surface area contributed by atoms with E-state index in [0.29, 0.717) is 16.5 Å². The standard InChI is InChI=1S/C10H8BrFN2O/c1-2-15-10-7(11)6-4-3-5-13-8(6)9(12)14-10/h3-5H,2H2,1H3. The van der Waals surface area contributed by atoms with E-state index in [9.17, 15) is 4.39 Å². The zero-order valence-electron chi connectivity index (χ0n) is 8.00. The van der Waals surface area contributed by atoms with Gasteiger partial charge in [0.15, 0.2) is 0 Å². The highest BCUT2D eigenvalue weighted by Gasteiger charge is 2.13. The average molecular weight is 271 g/mol. The summed E-state index contributed by atoms with van der Waals surface area (Å²) < 4.78 is 19.3. The molecule has 0 saturated heterocycles. The third-order valence-electron chi connectivity index (χ3n) is 1.91. The van der Waals surface area contributed by atoms with Crippen LogP contribution in [0.3, 0.4) is 0 Å². The lowest BCUT2D eigenvalue weighted by molar-refractivity contribution is 0.320. The lowest BCUT2D eigenvalue weighted by Gasteiger charge is -2.07. The minimum atomic E-state index is -0.614. The molecule has 0 bridgehead atoms. The quantitative estimate of drug-likeness (QED) is 0.788. The fourth-order valence-electron chi connectivity index (χ4n) is 1.29. The van der Waals surface area contributed by atoms with E-state index in [0.717, 1.165) is 0 Å². The van der Waals surface area contributed by atoms with Gasteiger partial charge in [-0.15, -0.1) is 0 Å². The number of nitrogens with zero attached hydrogens (tertiary/aromatic N) is 2. The number of fused-ring (bicyclic) bond motifs is 1. The van der Waals surface area contributed by atoms with Crippen LogP contribution >= 0.6 is 15.9 Å². The van der Waals surface area contributed by atoms with Crippen molar-refractivity contribution in [3.05, 3.63) is 28.7 Å². The molecule has 0 unspecified atom stereocenters. The Labute approximate surface area is 94.4 Å². The van der Waals surface area contributed by atoms with Gasteiger partial charge in [0.1, 0.15) is 5.52 Å². The Morgan fingerprint density at radius 2 is 2.33 bits per heavy atom. The number of rotatable bonds is 2. The predicted molar refractivity (Wildman–Crippen MR) is 58.4 cm³/mol. The van der Waals surface area contributed by atoms with Crippen LogP contribution < -0.4 is 4.74 Å². The summed E-state index contributed by atoms with van der Waals surface area (Å²) in [5.74, 6) is -0.354. The average Bonchev–Trinajstić information content (AvgIpc) is 2.26. The second kappa shape index (κ2) is 4.10. The summed E-state index contributed by atoms with van der Waals surface area (Å²) in [7, 11) is 0. The largest absolute Gasteiger partial charge is 0.477 e. The van der Waals surface area contributed by atoms with E-state index in [2.05, 4.69) is 25.9 Å². The first kappa shape index (κ1) is 10.3. The summed E-state index contributed by atoms with van der Waals surface area (Å²) >= 11 is 3.32. The van der Waals surface area contributed by atoms with Gasteiger partial charge >= 0.3 is 0 Å². The molecule has 2 heterocycles. The van der Waals surface area contributed by atoms with E-state index in [1.165, 1.54) is 6.20 Å². The van der Waals surface area contributed by atoms with Crippen molar-refractivity contribution in [2.45, 2.75) is 6.92 Å². The molecule has 0 amide bonds. The van der Waals surface area contributed by atoms with Crippen LogP contribution in [0, 0.1) is 5.95 Å². The lowest BCUT2D eigenvalue weighted by atomic mass is 10.2. The Morgan fingerprint density at radius 3 is 3.07 bits per heavy atom. The first-order chi connectivity index (χ1) is 7.24. The van der Waals surface area contributed by atoms with Gasteiger partial charge in [-0.25, -0.2) is 0 Å². The molecule has 0 fully saturated rings. The molecule has 2 rings (SSSR count). The van der Waals surface area contributed by atoms with Crippen LogP contribution in [0.15, 0.2) is 22.8 Å². The first-order valence-corrected chi connectivity index (χ1v) is 5.26. The highest BCUT2D eigenvalue weighted by atomic mass is 79.9. The highest BCUT2D eigenvalue weighted by Crippen LogP contribution is 2.31. The summed E-state index contributed by atoms with van der Waals surface area (Å²) in [5, 5.41) is 0.661. The van der Waals surface area contributed by atoms with Crippen LogP contribution in [0.1, 0.15) is 6.92 Å². The molecule has 3 nitrogen and oxygen atoms in total. The smallest absolute Gasteiger partial charge is 0.242 e. The molecule has 0 atom stereocenters. The second-order valence-corrected chi connectivity index (χ2v) is 3.65. The van der Waals surface area contributed by atoms with Crippen LogP contribution in [0.5, 0.6) is 5.88 Å². The molecule has 5 heteroatoms. The van der Waals surface area contributed by atoms with Gasteiger partial charge in [-0.05, 0) is 35.0 Å². The third kappa shape index (κ3) is 1.79. The van der Waals surface area contributed by atoms with Crippen LogP contribution in [0.25, 0.3) is 10.9 Å². The fourth-order valence-corrected chi connectivity index (χ4v) is 1.81. The monoisotopic (exact) mass is 270 g/mol. The summed E-state index contributed by atoms with van der Waals surface area (Å²) in [6.07, 6.45) is 1.53. The maximum absolute atomic E-state index is 13.5. The second-order valence-electron chi connectivity index (χ2n) is 2.85. The van der Waals surface area contributed by atoms with Gasteiger partial charge < -0.3 is 4.74 Å². The van der Waals surface area contributed by atoms with Crippen molar-refractivity contribution in [1.82, 2.24) is 9.97 Å². The Balaban J connectivity index is 2.72. The molecule has 0 saturated carbocycles. The molecule has 0 aliphatic rings. The molecule has 78 valence electrons. The maximum Gasteiger partial charge on any atom is 0.242 e. The Bertz CT molecular complexity index is 504. The zero-order chi connectivity index (χ0) is 10.8. The van der Waals surface area contributed by atoms with Crippen molar-refractivity contribution in [2.75, 3.05) is 6.61 Å². The van der Waals surface area contributed by atoms with Gasteiger partial charge in [-0.2, -0.15) is 9.37 Å². The van der Waals surface area contributed by atoms with Gasteiger partial charge in [-0.1, -0.05) is 0 Å². The van der Waals surface area contributed by atoms with Crippen molar-refractivity contribution >= 4 is 26.8 Å². The van der Waals surface area contributed by atoms with E-state index < -0.39 is 5.95 Å². The minimum absolute atomic E-state index is 0.243. The van der Waals surface area contributed by atoms with Crippen LogP contribution in [-0.4, -0.2) is 16.6 Å².